The van der Waals surface area contributed by atoms with Gasteiger partial charge in [-0.2, -0.15) is 5.53 Å². The molecule has 0 aromatic heterocycles. The average molecular weight is 419 g/mol. The van der Waals surface area contributed by atoms with E-state index < -0.39 is 41.6 Å². The summed E-state index contributed by atoms with van der Waals surface area (Å²) in [6.45, 7) is 0.679. The molecule has 1 atom stereocenters. The van der Waals surface area contributed by atoms with Crippen LogP contribution in [0.25, 0.3) is 0 Å². The summed E-state index contributed by atoms with van der Waals surface area (Å²) in [6, 6.07) is 2.53. The first-order chi connectivity index (χ1) is 12.5. The van der Waals surface area contributed by atoms with Crippen LogP contribution in [0.15, 0.2) is 32.2 Å². The zero-order valence-electron chi connectivity index (χ0n) is 14.7. The molecule has 0 aliphatic carbocycles. The third-order valence-corrected chi connectivity index (χ3v) is 6.45. The van der Waals surface area contributed by atoms with Crippen molar-refractivity contribution in [2.75, 3.05) is 24.2 Å². The Kier molecular flexibility index (Phi) is 6.19. The third-order valence-electron chi connectivity index (χ3n) is 4.18. The minimum Gasteiger partial charge on any atom is -0.391 e. The van der Waals surface area contributed by atoms with Crippen molar-refractivity contribution in [3.8, 4) is 0 Å². The fourth-order valence-corrected chi connectivity index (χ4v) is 5.48. The summed E-state index contributed by atoms with van der Waals surface area (Å²) >= 11 is 0. The molecule has 0 spiro atoms. The topological polar surface area (TPSA) is 192 Å². The minimum absolute atomic E-state index is 0.195. The SMILES string of the molecule is CS(=O)(=O)c1ccc(N2CCCCC(O)C2)c(/C(N)=N/N=N)c1S(N)(=O)=O. The number of nitrogens with one attached hydrogen (secondary N) is 1. The molecule has 1 aromatic rings. The van der Waals surface area contributed by atoms with Crippen LogP contribution < -0.4 is 15.8 Å². The number of aliphatic hydroxyl groups excluding tert-OH is 1. The number of hydrogen-bond acceptors (Lipinski definition) is 8. The third kappa shape index (κ3) is 4.80. The highest BCUT2D eigenvalue weighted by molar-refractivity contribution is 7.93. The molecule has 27 heavy (non-hydrogen) atoms. The van der Waals surface area contributed by atoms with Gasteiger partial charge < -0.3 is 15.7 Å². The van der Waals surface area contributed by atoms with Crippen molar-refractivity contribution in [3.05, 3.63) is 17.7 Å². The number of β-amino-alcohol motifs (C(OH)–C–C–N with tert-alkyl or cyclic N) is 1. The van der Waals surface area contributed by atoms with Gasteiger partial charge in [-0.05, 0) is 31.4 Å². The van der Waals surface area contributed by atoms with Crippen LogP contribution in [0.5, 0.6) is 0 Å². The van der Waals surface area contributed by atoms with E-state index >= 15 is 0 Å². The van der Waals surface area contributed by atoms with Gasteiger partial charge in [0.25, 0.3) is 0 Å². The maximum absolute atomic E-state index is 12.3. The number of benzene rings is 1. The van der Waals surface area contributed by atoms with Gasteiger partial charge in [-0.15, -0.1) is 5.10 Å². The van der Waals surface area contributed by atoms with Crippen LogP contribution in [-0.2, 0) is 19.9 Å². The molecule has 0 radical (unpaired) electrons. The lowest BCUT2D eigenvalue weighted by atomic mass is 10.1. The van der Waals surface area contributed by atoms with E-state index in [1.54, 1.807) is 4.90 Å². The monoisotopic (exact) mass is 418 g/mol. The number of sulfone groups is 1. The standard InChI is InChI=1S/C14H22N6O5S2/c1-26(22,23)11-6-5-10(20-7-3-2-4-9(21)8-20)12(14(15)18-19-16)13(11)27(17,24)25/h5-6,9,21H,2-4,7-8H2,1H3,(H3,15,16,18)(H2,17,24,25). The number of amidine groups is 1. The Morgan fingerprint density at radius 1 is 1.30 bits per heavy atom. The zero-order valence-corrected chi connectivity index (χ0v) is 16.3. The van der Waals surface area contributed by atoms with Crippen molar-refractivity contribution in [1.29, 1.82) is 5.53 Å². The van der Waals surface area contributed by atoms with E-state index in [-0.39, 0.29) is 17.8 Å². The van der Waals surface area contributed by atoms with Gasteiger partial charge in [0, 0.05) is 25.0 Å². The summed E-state index contributed by atoms with van der Waals surface area (Å²) in [5.74, 6) is -0.465. The number of anilines is 1. The van der Waals surface area contributed by atoms with Crippen LogP contribution in [0.3, 0.4) is 0 Å². The van der Waals surface area contributed by atoms with Crippen molar-refractivity contribution in [1.82, 2.24) is 0 Å². The highest BCUT2D eigenvalue weighted by atomic mass is 32.2. The summed E-state index contributed by atoms with van der Waals surface area (Å²) in [5.41, 5.74) is 12.7. The second-order valence-corrected chi connectivity index (χ2v) is 9.77. The molecule has 0 amide bonds. The summed E-state index contributed by atoms with van der Waals surface area (Å²) in [4.78, 5) is 0.466. The Balaban J connectivity index is 2.89. The summed E-state index contributed by atoms with van der Waals surface area (Å²) < 4.78 is 48.7. The molecule has 1 aliphatic heterocycles. The molecule has 0 bridgehead atoms. The first kappa shape index (κ1) is 21.2. The van der Waals surface area contributed by atoms with Crippen LogP contribution in [0.1, 0.15) is 24.8 Å². The molecule has 13 heteroatoms. The summed E-state index contributed by atoms with van der Waals surface area (Å²) in [6.07, 6.45) is 2.29. The Labute approximate surface area is 157 Å². The highest BCUT2D eigenvalue weighted by Gasteiger charge is 2.31. The molecule has 150 valence electrons. The summed E-state index contributed by atoms with van der Waals surface area (Å²) in [5, 5.41) is 21.6. The molecule has 2 rings (SSSR count). The Morgan fingerprint density at radius 3 is 2.52 bits per heavy atom. The lowest BCUT2D eigenvalue weighted by molar-refractivity contribution is 0.174. The number of nitrogens with two attached hydrogens (primary N) is 2. The van der Waals surface area contributed by atoms with E-state index in [4.69, 9.17) is 16.4 Å². The molecule has 1 saturated heterocycles. The Hall–Kier alpha value is -2.09. The fourth-order valence-electron chi connectivity index (χ4n) is 3.08. The van der Waals surface area contributed by atoms with Crippen molar-refractivity contribution >= 4 is 31.4 Å². The molecule has 1 fully saturated rings. The van der Waals surface area contributed by atoms with Gasteiger partial charge in [-0.3, -0.25) is 0 Å². The zero-order chi connectivity index (χ0) is 20.4. The van der Waals surface area contributed by atoms with E-state index in [0.29, 0.717) is 13.0 Å². The van der Waals surface area contributed by atoms with Gasteiger partial charge in [0.15, 0.2) is 15.7 Å². The molecule has 6 N–H and O–H groups in total. The Morgan fingerprint density at radius 2 is 1.96 bits per heavy atom. The first-order valence-electron chi connectivity index (χ1n) is 8.00. The average Bonchev–Trinajstić information content (AvgIpc) is 2.76. The number of primary sulfonamides is 1. The van der Waals surface area contributed by atoms with Crippen molar-refractivity contribution in [2.45, 2.75) is 35.2 Å². The maximum atomic E-state index is 12.3. The predicted octanol–water partition coefficient (Wildman–Crippen LogP) is -0.260. The molecule has 1 aromatic carbocycles. The van der Waals surface area contributed by atoms with Gasteiger partial charge in [0.2, 0.25) is 10.0 Å². The molecule has 0 saturated carbocycles. The van der Waals surface area contributed by atoms with Crippen LogP contribution in [0.4, 0.5) is 5.69 Å². The smallest absolute Gasteiger partial charge is 0.240 e. The molecular formula is C14H22N6O5S2. The van der Waals surface area contributed by atoms with E-state index in [9.17, 15) is 21.9 Å². The molecule has 11 nitrogen and oxygen atoms in total. The van der Waals surface area contributed by atoms with Crippen LogP contribution >= 0.6 is 0 Å². The molecule has 1 aliphatic rings. The van der Waals surface area contributed by atoms with E-state index in [1.165, 1.54) is 6.07 Å². The quantitative estimate of drug-likeness (QED) is 0.219. The minimum atomic E-state index is -4.53. The van der Waals surface area contributed by atoms with Crippen molar-refractivity contribution < 1.29 is 21.9 Å². The fraction of sp³-hybridized carbons (Fsp3) is 0.500. The van der Waals surface area contributed by atoms with E-state index in [2.05, 4.69) is 10.3 Å². The Bertz CT molecular complexity index is 974. The van der Waals surface area contributed by atoms with Gasteiger partial charge in [-0.25, -0.2) is 22.0 Å². The van der Waals surface area contributed by atoms with Crippen LogP contribution in [0, 0.1) is 5.53 Å². The lowest BCUT2D eigenvalue weighted by Gasteiger charge is -2.28. The number of aliphatic hydroxyl groups is 1. The normalized spacial score (nSPS) is 19.6. The predicted molar refractivity (Wildman–Crippen MR) is 98.9 cm³/mol. The van der Waals surface area contributed by atoms with Crippen molar-refractivity contribution in [2.24, 2.45) is 21.2 Å². The molecule has 1 unspecified atom stereocenters. The highest BCUT2D eigenvalue weighted by Crippen LogP contribution is 2.33. The largest absolute Gasteiger partial charge is 0.391 e. The number of nitrogens with zero attached hydrogens (tertiary/aromatic N) is 3. The van der Waals surface area contributed by atoms with Crippen LogP contribution in [-0.4, -0.2) is 53.2 Å². The second-order valence-electron chi connectivity index (χ2n) is 6.28. The van der Waals surface area contributed by atoms with Gasteiger partial charge in [-0.1, -0.05) is 5.22 Å². The van der Waals surface area contributed by atoms with E-state index in [0.717, 1.165) is 25.2 Å². The van der Waals surface area contributed by atoms with Gasteiger partial charge >= 0.3 is 0 Å². The maximum Gasteiger partial charge on any atom is 0.240 e. The van der Waals surface area contributed by atoms with Gasteiger partial charge in [0.05, 0.1) is 16.6 Å². The van der Waals surface area contributed by atoms with Gasteiger partial charge in [0.1, 0.15) is 4.90 Å². The summed E-state index contributed by atoms with van der Waals surface area (Å²) in [7, 11) is -8.49. The lowest BCUT2D eigenvalue weighted by Crippen LogP contribution is -2.34. The number of sulfonamides is 1. The van der Waals surface area contributed by atoms with Crippen molar-refractivity contribution in [3.63, 3.8) is 0 Å². The first-order valence-corrected chi connectivity index (χ1v) is 11.4. The number of rotatable bonds is 5. The molecule has 1 heterocycles. The second kappa shape index (κ2) is 7.88. The number of hydrogen-bond donors (Lipinski definition) is 4. The molecular weight excluding hydrogens is 396 g/mol. The van der Waals surface area contributed by atoms with E-state index in [1.807, 2.05) is 0 Å². The van der Waals surface area contributed by atoms with Crippen LogP contribution in [0.2, 0.25) is 0 Å².